The van der Waals surface area contributed by atoms with Crippen molar-refractivity contribution in [2.24, 2.45) is 0 Å². The summed E-state index contributed by atoms with van der Waals surface area (Å²) in [5.74, 6) is 0.967. The van der Waals surface area contributed by atoms with Crippen LogP contribution in [0.2, 0.25) is 5.02 Å². The predicted molar refractivity (Wildman–Crippen MR) is 104 cm³/mol. The molecule has 0 aliphatic carbocycles. The molecule has 1 heterocycles. The lowest BCUT2D eigenvalue weighted by Crippen LogP contribution is -2.00. The molecule has 0 fully saturated rings. The standard InChI is InChI=1S/C22H17ClN2/c23-20-13-11-18(12-14-20)21-16-25(15-17-7-3-1-4-8-17)22(24-21)19-9-5-2-6-10-19/h1-14,16H,15H2. The van der Waals surface area contributed by atoms with E-state index in [-0.39, 0.29) is 0 Å². The Hall–Kier alpha value is -2.84. The van der Waals surface area contributed by atoms with Crippen molar-refractivity contribution in [1.82, 2.24) is 9.55 Å². The normalized spacial score (nSPS) is 10.8. The molecule has 0 aliphatic rings. The van der Waals surface area contributed by atoms with Crippen molar-refractivity contribution in [3.63, 3.8) is 0 Å². The zero-order valence-corrected chi connectivity index (χ0v) is 14.4. The van der Waals surface area contributed by atoms with Gasteiger partial charge in [0.1, 0.15) is 5.82 Å². The first-order valence-electron chi connectivity index (χ1n) is 8.22. The van der Waals surface area contributed by atoms with Crippen LogP contribution >= 0.6 is 11.6 Å². The van der Waals surface area contributed by atoms with E-state index >= 15 is 0 Å². The second-order valence-corrected chi connectivity index (χ2v) is 6.37. The van der Waals surface area contributed by atoms with E-state index in [9.17, 15) is 0 Å². The van der Waals surface area contributed by atoms with Gasteiger partial charge in [-0.2, -0.15) is 0 Å². The molecule has 0 radical (unpaired) electrons. The highest BCUT2D eigenvalue weighted by molar-refractivity contribution is 6.30. The van der Waals surface area contributed by atoms with Crippen molar-refractivity contribution in [2.75, 3.05) is 0 Å². The van der Waals surface area contributed by atoms with Gasteiger partial charge in [0.2, 0.25) is 0 Å². The molecule has 4 aromatic rings. The Morgan fingerprint density at radius 1 is 0.720 bits per heavy atom. The van der Waals surface area contributed by atoms with Crippen LogP contribution in [0, 0.1) is 0 Å². The third-order valence-electron chi connectivity index (χ3n) is 4.14. The molecule has 0 spiro atoms. The number of halogens is 1. The summed E-state index contributed by atoms with van der Waals surface area (Å²) in [6.45, 7) is 0.783. The number of hydrogen-bond donors (Lipinski definition) is 0. The van der Waals surface area contributed by atoms with Crippen LogP contribution in [-0.2, 0) is 6.54 Å². The van der Waals surface area contributed by atoms with Crippen LogP contribution in [0.3, 0.4) is 0 Å². The van der Waals surface area contributed by atoms with E-state index in [1.165, 1.54) is 5.56 Å². The molecule has 0 amide bonds. The second kappa shape index (κ2) is 6.96. The largest absolute Gasteiger partial charge is 0.326 e. The second-order valence-electron chi connectivity index (χ2n) is 5.94. The highest BCUT2D eigenvalue weighted by Gasteiger charge is 2.12. The average Bonchev–Trinajstić information content (AvgIpc) is 3.08. The van der Waals surface area contributed by atoms with Gasteiger partial charge < -0.3 is 4.57 Å². The molecule has 1 aromatic heterocycles. The maximum absolute atomic E-state index is 6.01. The first-order chi connectivity index (χ1) is 12.3. The first kappa shape index (κ1) is 15.7. The van der Waals surface area contributed by atoms with E-state index in [1.54, 1.807) is 0 Å². The smallest absolute Gasteiger partial charge is 0.140 e. The molecule has 4 rings (SSSR count). The topological polar surface area (TPSA) is 17.8 Å². The summed E-state index contributed by atoms with van der Waals surface area (Å²) in [5, 5.41) is 0.732. The molecule has 0 N–H and O–H groups in total. The van der Waals surface area contributed by atoms with Gasteiger partial charge in [0.05, 0.1) is 5.69 Å². The maximum Gasteiger partial charge on any atom is 0.140 e. The summed E-state index contributed by atoms with van der Waals surface area (Å²) in [6, 6.07) is 28.5. The molecular weight excluding hydrogens is 328 g/mol. The number of imidazole rings is 1. The number of aromatic nitrogens is 2. The Labute approximate surface area is 152 Å². The minimum absolute atomic E-state index is 0.732. The zero-order valence-electron chi connectivity index (χ0n) is 13.6. The Morgan fingerprint density at radius 3 is 2.04 bits per heavy atom. The minimum atomic E-state index is 0.732. The van der Waals surface area contributed by atoms with Crippen LogP contribution in [0.25, 0.3) is 22.6 Å². The number of hydrogen-bond acceptors (Lipinski definition) is 1. The summed E-state index contributed by atoms with van der Waals surface area (Å²) in [6.07, 6.45) is 2.11. The number of rotatable bonds is 4. The van der Waals surface area contributed by atoms with Gasteiger partial charge >= 0.3 is 0 Å². The Morgan fingerprint density at radius 2 is 1.36 bits per heavy atom. The molecule has 122 valence electrons. The van der Waals surface area contributed by atoms with Crippen LogP contribution in [-0.4, -0.2) is 9.55 Å². The quantitative estimate of drug-likeness (QED) is 0.449. The fourth-order valence-corrected chi connectivity index (χ4v) is 3.02. The molecule has 3 aromatic carbocycles. The van der Waals surface area contributed by atoms with Crippen LogP contribution in [0.4, 0.5) is 0 Å². The van der Waals surface area contributed by atoms with Gasteiger partial charge in [0.25, 0.3) is 0 Å². The van der Waals surface area contributed by atoms with Gasteiger partial charge in [-0.25, -0.2) is 4.98 Å². The average molecular weight is 345 g/mol. The lowest BCUT2D eigenvalue weighted by Gasteiger charge is -2.07. The van der Waals surface area contributed by atoms with Gasteiger partial charge in [0.15, 0.2) is 0 Å². The molecule has 2 nitrogen and oxygen atoms in total. The fourth-order valence-electron chi connectivity index (χ4n) is 2.89. The molecule has 0 aliphatic heterocycles. The summed E-state index contributed by atoms with van der Waals surface area (Å²) < 4.78 is 2.20. The van der Waals surface area contributed by atoms with Gasteiger partial charge in [-0.05, 0) is 17.7 Å². The summed E-state index contributed by atoms with van der Waals surface area (Å²) in [7, 11) is 0. The summed E-state index contributed by atoms with van der Waals surface area (Å²) in [4.78, 5) is 4.90. The SMILES string of the molecule is Clc1ccc(-c2cn(Cc3ccccc3)c(-c3ccccc3)n2)cc1. The Bertz CT molecular complexity index is 958. The van der Waals surface area contributed by atoms with Crippen LogP contribution in [0.5, 0.6) is 0 Å². The molecule has 3 heteroatoms. The Kier molecular flexibility index (Phi) is 4.36. The summed E-state index contributed by atoms with van der Waals surface area (Å²) in [5.41, 5.74) is 4.37. The number of benzene rings is 3. The lowest BCUT2D eigenvalue weighted by molar-refractivity contribution is 0.807. The molecule has 0 bridgehead atoms. The van der Waals surface area contributed by atoms with Crippen molar-refractivity contribution in [3.8, 4) is 22.6 Å². The van der Waals surface area contributed by atoms with Crippen molar-refractivity contribution in [2.45, 2.75) is 6.54 Å². The number of nitrogens with zero attached hydrogens (tertiary/aromatic N) is 2. The highest BCUT2D eigenvalue weighted by Crippen LogP contribution is 2.26. The molecule has 0 unspecified atom stereocenters. The summed E-state index contributed by atoms with van der Waals surface area (Å²) >= 11 is 6.01. The van der Waals surface area contributed by atoms with Gasteiger partial charge in [0, 0.05) is 28.9 Å². The molecule has 0 atom stereocenters. The monoisotopic (exact) mass is 344 g/mol. The van der Waals surface area contributed by atoms with E-state index in [1.807, 2.05) is 48.5 Å². The van der Waals surface area contributed by atoms with Crippen molar-refractivity contribution in [3.05, 3.63) is 102 Å². The van der Waals surface area contributed by atoms with Crippen molar-refractivity contribution >= 4 is 11.6 Å². The molecule has 25 heavy (non-hydrogen) atoms. The van der Waals surface area contributed by atoms with Gasteiger partial charge in [-0.3, -0.25) is 0 Å². The minimum Gasteiger partial charge on any atom is -0.326 e. The van der Waals surface area contributed by atoms with E-state index in [0.717, 1.165) is 34.2 Å². The third-order valence-corrected chi connectivity index (χ3v) is 4.40. The van der Waals surface area contributed by atoms with E-state index in [4.69, 9.17) is 16.6 Å². The van der Waals surface area contributed by atoms with E-state index < -0.39 is 0 Å². The highest BCUT2D eigenvalue weighted by atomic mass is 35.5. The maximum atomic E-state index is 6.01. The lowest BCUT2D eigenvalue weighted by atomic mass is 10.2. The third kappa shape index (κ3) is 3.49. The zero-order chi connectivity index (χ0) is 17.1. The molecule has 0 saturated carbocycles. The first-order valence-corrected chi connectivity index (χ1v) is 8.60. The van der Waals surface area contributed by atoms with E-state index in [0.29, 0.717) is 0 Å². The van der Waals surface area contributed by atoms with Gasteiger partial charge in [-0.15, -0.1) is 0 Å². The van der Waals surface area contributed by atoms with E-state index in [2.05, 4.69) is 47.2 Å². The predicted octanol–water partition coefficient (Wildman–Crippen LogP) is 5.92. The molecule has 0 saturated heterocycles. The fraction of sp³-hybridized carbons (Fsp3) is 0.0455. The van der Waals surface area contributed by atoms with Crippen LogP contribution in [0.15, 0.2) is 91.1 Å². The van der Waals surface area contributed by atoms with Crippen LogP contribution < -0.4 is 0 Å². The van der Waals surface area contributed by atoms with Crippen molar-refractivity contribution in [1.29, 1.82) is 0 Å². The molecular formula is C22H17ClN2. The Balaban J connectivity index is 1.79. The van der Waals surface area contributed by atoms with Gasteiger partial charge in [-0.1, -0.05) is 84.4 Å². The van der Waals surface area contributed by atoms with Crippen LogP contribution in [0.1, 0.15) is 5.56 Å². The van der Waals surface area contributed by atoms with Crippen molar-refractivity contribution < 1.29 is 0 Å².